The quantitative estimate of drug-likeness (QED) is 0.569. The molecule has 88 valence electrons. The number of alkyl halides is 3. The second-order valence-electron chi connectivity index (χ2n) is 3.02. The summed E-state index contributed by atoms with van der Waals surface area (Å²) >= 11 is 5.56. The largest absolute Gasteiger partial charge is 0.534 e. The molecule has 0 aromatic heterocycles. The van der Waals surface area contributed by atoms with Crippen molar-refractivity contribution in [2.24, 2.45) is 0 Å². The van der Waals surface area contributed by atoms with Crippen molar-refractivity contribution < 1.29 is 25.8 Å². The average molecular weight is 265 g/mol. The minimum absolute atomic E-state index is 0.0501. The molecule has 0 spiro atoms. The lowest BCUT2D eigenvalue weighted by Gasteiger charge is -2.17. The molecule has 0 aliphatic heterocycles. The Kier molecular flexibility index (Phi) is 3.55. The van der Waals surface area contributed by atoms with E-state index in [9.17, 15) is 21.6 Å². The first-order valence-corrected chi connectivity index (χ1v) is 5.91. The molecule has 8 heteroatoms. The summed E-state index contributed by atoms with van der Waals surface area (Å²) < 4.78 is 61.0. The maximum atomic E-state index is 11.9. The van der Waals surface area contributed by atoms with E-state index >= 15 is 0 Å². The van der Waals surface area contributed by atoms with Gasteiger partial charge in [0.25, 0.3) is 0 Å². The molecule has 0 N–H and O–H groups in total. The van der Waals surface area contributed by atoms with Crippen LogP contribution in [0.1, 0.15) is 25.7 Å². The van der Waals surface area contributed by atoms with Crippen molar-refractivity contribution in [3.8, 4) is 0 Å². The Bertz CT molecular complexity index is 371. The summed E-state index contributed by atoms with van der Waals surface area (Å²) in [4.78, 5) is 0. The van der Waals surface area contributed by atoms with Gasteiger partial charge in [0.2, 0.25) is 0 Å². The molecule has 1 aliphatic carbocycles. The van der Waals surface area contributed by atoms with E-state index in [1.807, 2.05) is 0 Å². The lowest BCUT2D eigenvalue weighted by atomic mass is 10.1. The normalized spacial score (nSPS) is 19.2. The Morgan fingerprint density at radius 1 is 1.20 bits per heavy atom. The third kappa shape index (κ3) is 3.01. The zero-order valence-corrected chi connectivity index (χ0v) is 9.05. The number of hydrogen-bond donors (Lipinski definition) is 0. The molecule has 0 heterocycles. The van der Waals surface area contributed by atoms with Crippen molar-refractivity contribution in [1.29, 1.82) is 0 Å². The van der Waals surface area contributed by atoms with Crippen LogP contribution in [0.25, 0.3) is 0 Å². The van der Waals surface area contributed by atoms with Crippen LogP contribution in [0.15, 0.2) is 10.8 Å². The highest BCUT2D eigenvalue weighted by molar-refractivity contribution is 7.87. The SMILES string of the molecule is O=S(=O)(OC1=C(Cl)CCCC1)C(F)(F)F. The van der Waals surface area contributed by atoms with Crippen LogP contribution in [-0.4, -0.2) is 13.9 Å². The van der Waals surface area contributed by atoms with Crippen molar-refractivity contribution in [2.45, 2.75) is 31.2 Å². The number of halogens is 4. The molecule has 0 amide bonds. The molecule has 3 nitrogen and oxygen atoms in total. The third-order valence-electron chi connectivity index (χ3n) is 1.85. The summed E-state index contributed by atoms with van der Waals surface area (Å²) in [6, 6.07) is 0. The minimum Gasteiger partial charge on any atom is -0.379 e. The van der Waals surface area contributed by atoms with Crippen molar-refractivity contribution in [2.75, 3.05) is 0 Å². The van der Waals surface area contributed by atoms with Crippen molar-refractivity contribution in [1.82, 2.24) is 0 Å². The predicted molar refractivity (Wildman–Crippen MR) is 47.4 cm³/mol. The van der Waals surface area contributed by atoms with Gasteiger partial charge < -0.3 is 4.18 Å². The van der Waals surface area contributed by atoms with Gasteiger partial charge in [-0.15, -0.1) is 0 Å². The van der Waals surface area contributed by atoms with E-state index in [4.69, 9.17) is 11.6 Å². The van der Waals surface area contributed by atoms with E-state index < -0.39 is 15.6 Å². The van der Waals surface area contributed by atoms with Crippen LogP contribution >= 0.6 is 11.6 Å². The molecule has 0 atom stereocenters. The maximum absolute atomic E-state index is 11.9. The van der Waals surface area contributed by atoms with Crippen LogP contribution in [0.5, 0.6) is 0 Å². The van der Waals surface area contributed by atoms with Crippen LogP contribution in [-0.2, 0) is 14.3 Å². The first kappa shape index (κ1) is 12.6. The Morgan fingerprint density at radius 3 is 2.20 bits per heavy atom. The summed E-state index contributed by atoms with van der Waals surface area (Å²) in [5, 5.41) is 0.0501. The highest BCUT2D eigenvalue weighted by atomic mass is 35.5. The molecule has 0 aromatic carbocycles. The maximum Gasteiger partial charge on any atom is 0.534 e. The van der Waals surface area contributed by atoms with Gasteiger partial charge in [0.1, 0.15) is 5.76 Å². The van der Waals surface area contributed by atoms with Gasteiger partial charge in [-0.25, -0.2) is 0 Å². The molecule has 1 rings (SSSR count). The zero-order chi connectivity index (χ0) is 11.7. The first-order chi connectivity index (χ1) is 6.74. The van der Waals surface area contributed by atoms with Gasteiger partial charge in [-0.2, -0.15) is 21.6 Å². The van der Waals surface area contributed by atoms with Gasteiger partial charge in [-0.1, -0.05) is 11.6 Å². The van der Waals surface area contributed by atoms with Crippen LogP contribution in [0.3, 0.4) is 0 Å². The van der Waals surface area contributed by atoms with Crippen LogP contribution in [0.4, 0.5) is 13.2 Å². The molecule has 0 saturated carbocycles. The van der Waals surface area contributed by atoms with E-state index in [1.54, 1.807) is 0 Å². The summed E-state index contributed by atoms with van der Waals surface area (Å²) in [7, 11) is -5.57. The van der Waals surface area contributed by atoms with Crippen LogP contribution < -0.4 is 0 Å². The van der Waals surface area contributed by atoms with Crippen molar-refractivity contribution >= 4 is 21.7 Å². The molecule has 0 aromatic rings. The summed E-state index contributed by atoms with van der Waals surface area (Å²) in [6.07, 6.45) is 1.76. The Morgan fingerprint density at radius 2 is 1.73 bits per heavy atom. The fourth-order valence-corrected chi connectivity index (χ4v) is 1.96. The van der Waals surface area contributed by atoms with E-state index in [0.29, 0.717) is 12.8 Å². The van der Waals surface area contributed by atoms with Crippen LogP contribution in [0, 0.1) is 0 Å². The van der Waals surface area contributed by atoms with Crippen LogP contribution in [0.2, 0.25) is 0 Å². The van der Waals surface area contributed by atoms with E-state index in [0.717, 1.165) is 6.42 Å². The number of rotatable bonds is 2. The molecular weight excluding hydrogens is 257 g/mol. The van der Waals surface area contributed by atoms with E-state index in [-0.39, 0.29) is 17.2 Å². The minimum atomic E-state index is -5.57. The Balaban J connectivity index is 2.87. The smallest absolute Gasteiger partial charge is 0.379 e. The fourth-order valence-electron chi connectivity index (χ4n) is 1.11. The standard InChI is InChI=1S/C7H8ClF3O3S/c8-5-3-1-2-4-6(5)14-15(12,13)7(9,10)11/h1-4H2. The molecule has 15 heavy (non-hydrogen) atoms. The van der Waals surface area contributed by atoms with Gasteiger partial charge in [0, 0.05) is 6.42 Å². The zero-order valence-electron chi connectivity index (χ0n) is 7.47. The highest BCUT2D eigenvalue weighted by Crippen LogP contribution is 2.33. The monoisotopic (exact) mass is 264 g/mol. The summed E-state index contributed by atoms with van der Waals surface area (Å²) in [5.41, 5.74) is -5.41. The summed E-state index contributed by atoms with van der Waals surface area (Å²) in [6.45, 7) is 0. The van der Waals surface area contributed by atoms with Crippen molar-refractivity contribution in [3.05, 3.63) is 10.8 Å². The van der Waals surface area contributed by atoms with Gasteiger partial charge in [0.15, 0.2) is 0 Å². The lowest BCUT2D eigenvalue weighted by molar-refractivity contribution is -0.0524. The average Bonchev–Trinajstić information content (AvgIpc) is 2.06. The molecule has 0 saturated heterocycles. The first-order valence-electron chi connectivity index (χ1n) is 4.12. The molecule has 1 aliphatic rings. The molecule has 0 unspecified atom stereocenters. The molecular formula is C7H8ClF3O3S. The highest BCUT2D eigenvalue weighted by Gasteiger charge is 2.49. The predicted octanol–water partition coefficient (Wildman–Crippen LogP) is 2.88. The van der Waals surface area contributed by atoms with E-state index in [1.165, 1.54) is 0 Å². The Hall–Kier alpha value is -0.430. The topological polar surface area (TPSA) is 43.4 Å². The lowest BCUT2D eigenvalue weighted by Crippen LogP contribution is -2.25. The number of hydrogen-bond acceptors (Lipinski definition) is 3. The van der Waals surface area contributed by atoms with Crippen molar-refractivity contribution in [3.63, 3.8) is 0 Å². The van der Waals surface area contributed by atoms with Gasteiger partial charge in [0.05, 0.1) is 5.03 Å². The summed E-state index contributed by atoms with van der Waals surface area (Å²) in [5.74, 6) is -0.291. The van der Waals surface area contributed by atoms with Gasteiger partial charge >= 0.3 is 15.6 Å². The molecule has 0 bridgehead atoms. The Labute approximate surface area is 90.0 Å². The van der Waals surface area contributed by atoms with Gasteiger partial charge in [-0.05, 0) is 19.3 Å². The second kappa shape index (κ2) is 4.21. The third-order valence-corrected chi connectivity index (χ3v) is 3.23. The second-order valence-corrected chi connectivity index (χ2v) is 5.01. The number of allylic oxidation sites excluding steroid dienone is 2. The van der Waals surface area contributed by atoms with Gasteiger partial charge in [-0.3, -0.25) is 0 Å². The fraction of sp³-hybridized carbons (Fsp3) is 0.714. The molecule has 0 radical (unpaired) electrons. The molecule has 0 fully saturated rings. The van der Waals surface area contributed by atoms with E-state index in [2.05, 4.69) is 4.18 Å².